The molecule has 18 heavy (non-hydrogen) atoms. The normalized spacial score (nSPS) is 10.9. The predicted molar refractivity (Wildman–Crippen MR) is 63.4 cm³/mol. The zero-order valence-corrected chi connectivity index (χ0v) is 8.98. The maximum Gasteiger partial charge on any atom is 0.270 e. The second kappa shape index (κ2) is 3.59. The molecule has 2 aromatic heterocycles. The lowest BCUT2D eigenvalue weighted by atomic mass is 10.2. The van der Waals surface area contributed by atoms with Gasteiger partial charge in [-0.05, 0) is 12.1 Å². The summed E-state index contributed by atoms with van der Waals surface area (Å²) in [5, 5.41) is 10.9. The molecule has 0 unspecified atom stereocenters. The first-order valence-electron chi connectivity index (χ1n) is 5.08. The summed E-state index contributed by atoms with van der Waals surface area (Å²) in [6.07, 6.45) is 3.05. The van der Waals surface area contributed by atoms with Gasteiger partial charge in [-0.3, -0.25) is 19.3 Å². The summed E-state index contributed by atoms with van der Waals surface area (Å²) in [6, 6.07) is 5.58. The first-order valence-corrected chi connectivity index (χ1v) is 5.08. The van der Waals surface area contributed by atoms with E-state index in [1.807, 2.05) is 0 Å². The minimum absolute atomic E-state index is 0.134. The molecule has 0 aliphatic heterocycles. The Morgan fingerprint density at radius 1 is 1.33 bits per heavy atom. The summed E-state index contributed by atoms with van der Waals surface area (Å²) in [6.45, 7) is 0. The Hall–Kier alpha value is -2.83. The number of nitrogens with zero attached hydrogens (tertiary/aromatic N) is 4. The number of rotatable bonds is 1. The molecule has 3 rings (SSSR count). The average molecular weight is 242 g/mol. The summed E-state index contributed by atoms with van der Waals surface area (Å²) < 4.78 is 1.26. The maximum atomic E-state index is 12.1. The molecule has 0 spiro atoms. The number of hydrogen-bond donors (Lipinski definition) is 0. The van der Waals surface area contributed by atoms with Gasteiger partial charge in [-0.25, -0.2) is 9.97 Å². The molecule has 0 aliphatic rings. The van der Waals surface area contributed by atoms with E-state index in [2.05, 4.69) is 9.97 Å². The van der Waals surface area contributed by atoms with Crippen molar-refractivity contribution < 1.29 is 4.92 Å². The summed E-state index contributed by atoms with van der Waals surface area (Å²) in [5.74, 6) is 0.267. The molecule has 1 aromatic carbocycles. The van der Waals surface area contributed by atoms with E-state index in [4.69, 9.17) is 0 Å². The SMILES string of the molecule is O=c1c2cc([N+](=O)[O-])ccc2nc2ncccn12. The Labute approximate surface area is 99.5 Å². The van der Waals surface area contributed by atoms with Crippen LogP contribution in [0.15, 0.2) is 41.5 Å². The Morgan fingerprint density at radius 3 is 2.94 bits per heavy atom. The molecule has 0 radical (unpaired) electrons. The Balaban J connectivity index is 2.49. The third kappa shape index (κ3) is 1.41. The first-order chi connectivity index (χ1) is 8.66. The largest absolute Gasteiger partial charge is 0.270 e. The van der Waals surface area contributed by atoms with Gasteiger partial charge >= 0.3 is 0 Å². The van der Waals surface area contributed by atoms with E-state index < -0.39 is 4.92 Å². The highest BCUT2D eigenvalue weighted by Gasteiger charge is 2.11. The molecule has 0 saturated carbocycles. The van der Waals surface area contributed by atoms with Crippen LogP contribution in [-0.2, 0) is 0 Å². The number of aromatic nitrogens is 3. The number of fused-ring (bicyclic) bond motifs is 2. The van der Waals surface area contributed by atoms with Crippen molar-refractivity contribution in [1.82, 2.24) is 14.4 Å². The lowest BCUT2D eigenvalue weighted by Crippen LogP contribution is -2.15. The molecule has 88 valence electrons. The van der Waals surface area contributed by atoms with Gasteiger partial charge in [-0.2, -0.15) is 0 Å². The summed E-state index contributed by atoms with van der Waals surface area (Å²) in [7, 11) is 0. The predicted octanol–water partition coefficient (Wildman–Crippen LogP) is 1.15. The lowest BCUT2D eigenvalue weighted by molar-refractivity contribution is -0.384. The molecule has 0 amide bonds. The van der Waals surface area contributed by atoms with Gasteiger partial charge in [0.15, 0.2) is 0 Å². The highest BCUT2D eigenvalue weighted by atomic mass is 16.6. The molecule has 2 heterocycles. The third-order valence-corrected chi connectivity index (χ3v) is 2.59. The van der Waals surface area contributed by atoms with E-state index in [0.717, 1.165) is 0 Å². The van der Waals surface area contributed by atoms with Gasteiger partial charge < -0.3 is 0 Å². The average Bonchev–Trinajstić information content (AvgIpc) is 2.38. The number of nitro groups is 1. The van der Waals surface area contributed by atoms with E-state index in [-0.39, 0.29) is 22.4 Å². The third-order valence-electron chi connectivity index (χ3n) is 2.59. The fraction of sp³-hybridized carbons (Fsp3) is 0. The van der Waals surface area contributed by atoms with Crippen LogP contribution in [0.25, 0.3) is 16.7 Å². The van der Waals surface area contributed by atoms with E-state index >= 15 is 0 Å². The second-order valence-corrected chi connectivity index (χ2v) is 3.67. The number of non-ortho nitro benzene ring substituents is 1. The van der Waals surface area contributed by atoms with Gasteiger partial charge in [0, 0.05) is 24.5 Å². The van der Waals surface area contributed by atoms with Crippen LogP contribution in [0.2, 0.25) is 0 Å². The Morgan fingerprint density at radius 2 is 2.17 bits per heavy atom. The van der Waals surface area contributed by atoms with Crippen LogP contribution in [0.4, 0.5) is 5.69 Å². The van der Waals surface area contributed by atoms with Gasteiger partial charge in [-0.15, -0.1) is 0 Å². The van der Waals surface area contributed by atoms with E-state index in [9.17, 15) is 14.9 Å². The van der Waals surface area contributed by atoms with Crippen LogP contribution in [-0.4, -0.2) is 19.3 Å². The van der Waals surface area contributed by atoms with E-state index in [1.165, 1.54) is 35.0 Å². The van der Waals surface area contributed by atoms with Crippen molar-refractivity contribution in [1.29, 1.82) is 0 Å². The first kappa shape index (κ1) is 10.3. The molecule has 0 bridgehead atoms. The fourth-order valence-electron chi connectivity index (χ4n) is 1.75. The number of hydrogen-bond acceptors (Lipinski definition) is 5. The van der Waals surface area contributed by atoms with Crippen LogP contribution in [0.1, 0.15) is 0 Å². The second-order valence-electron chi connectivity index (χ2n) is 3.67. The smallest absolute Gasteiger partial charge is 0.268 e. The molecule has 7 heteroatoms. The van der Waals surface area contributed by atoms with E-state index in [1.54, 1.807) is 6.07 Å². The molecule has 0 fully saturated rings. The van der Waals surface area contributed by atoms with Crippen molar-refractivity contribution in [3.05, 3.63) is 57.1 Å². The molecule has 0 N–H and O–H groups in total. The van der Waals surface area contributed by atoms with Crippen molar-refractivity contribution in [3.8, 4) is 0 Å². The molecule has 3 aromatic rings. The molecular formula is C11H6N4O3. The summed E-state index contributed by atoms with van der Waals surface area (Å²) in [4.78, 5) is 30.4. The quantitative estimate of drug-likeness (QED) is 0.362. The van der Waals surface area contributed by atoms with Crippen molar-refractivity contribution in [2.24, 2.45) is 0 Å². The molecule has 0 saturated heterocycles. The maximum absolute atomic E-state index is 12.1. The van der Waals surface area contributed by atoms with Crippen LogP contribution < -0.4 is 5.56 Å². The van der Waals surface area contributed by atoms with Crippen LogP contribution in [0.3, 0.4) is 0 Å². The van der Waals surface area contributed by atoms with Gasteiger partial charge in [-0.1, -0.05) is 0 Å². The zero-order valence-electron chi connectivity index (χ0n) is 8.98. The monoisotopic (exact) mass is 242 g/mol. The molecule has 0 aliphatic carbocycles. The fourth-order valence-corrected chi connectivity index (χ4v) is 1.75. The lowest BCUT2D eigenvalue weighted by Gasteiger charge is -2.01. The van der Waals surface area contributed by atoms with Crippen molar-refractivity contribution in [3.63, 3.8) is 0 Å². The van der Waals surface area contributed by atoms with E-state index in [0.29, 0.717) is 5.52 Å². The highest BCUT2D eigenvalue weighted by Crippen LogP contribution is 2.16. The summed E-state index contributed by atoms with van der Waals surface area (Å²) in [5.41, 5.74) is -0.110. The van der Waals surface area contributed by atoms with Gasteiger partial charge in [0.25, 0.3) is 11.2 Å². The van der Waals surface area contributed by atoms with Crippen LogP contribution >= 0.6 is 0 Å². The van der Waals surface area contributed by atoms with Crippen molar-refractivity contribution >= 4 is 22.4 Å². The van der Waals surface area contributed by atoms with Crippen LogP contribution in [0, 0.1) is 10.1 Å². The van der Waals surface area contributed by atoms with Gasteiger partial charge in [0.1, 0.15) is 0 Å². The summed E-state index contributed by atoms with van der Waals surface area (Å²) >= 11 is 0. The minimum atomic E-state index is -0.545. The van der Waals surface area contributed by atoms with Crippen molar-refractivity contribution in [2.45, 2.75) is 0 Å². The molecule has 0 atom stereocenters. The topological polar surface area (TPSA) is 90.4 Å². The highest BCUT2D eigenvalue weighted by molar-refractivity contribution is 5.81. The van der Waals surface area contributed by atoms with Gasteiger partial charge in [0.05, 0.1) is 15.8 Å². The Kier molecular flexibility index (Phi) is 2.06. The number of benzene rings is 1. The van der Waals surface area contributed by atoms with Gasteiger partial charge in [0.2, 0.25) is 5.78 Å². The van der Waals surface area contributed by atoms with Crippen LogP contribution in [0.5, 0.6) is 0 Å². The zero-order chi connectivity index (χ0) is 12.7. The standard InChI is InChI=1S/C11H6N4O3/c16-10-8-6-7(15(17)18)2-3-9(8)13-11-12-4-1-5-14(10)11/h1-6H. The Bertz CT molecular complexity index is 840. The minimum Gasteiger partial charge on any atom is -0.268 e. The van der Waals surface area contributed by atoms with Crippen molar-refractivity contribution in [2.75, 3.05) is 0 Å². The molecular weight excluding hydrogens is 236 g/mol. The number of nitro benzene ring substituents is 1. The molecule has 7 nitrogen and oxygen atoms in total.